The number of carbonyl (C=O) groups is 1. The van der Waals surface area contributed by atoms with Crippen LogP contribution in [0, 0.1) is 17.3 Å². The molecule has 0 saturated heterocycles. The summed E-state index contributed by atoms with van der Waals surface area (Å²) in [6.07, 6.45) is 3.41. The molecule has 4 aliphatic rings. The monoisotopic (exact) mass is 330 g/mol. The van der Waals surface area contributed by atoms with Crippen molar-refractivity contribution in [3.05, 3.63) is 0 Å². The van der Waals surface area contributed by atoms with Gasteiger partial charge in [-0.15, -0.1) is 0 Å². The van der Waals surface area contributed by atoms with Gasteiger partial charge in [0.1, 0.15) is 12.2 Å². The highest BCUT2D eigenvalue weighted by Gasteiger charge is 2.60. The molecule has 2 unspecified atom stereocenters. The Kier molecular flexibility index (Phi) is 4.23. The number of esters is 1. The molecule has 0 spiro atoms. The third-order valence-electron chi connectivity index (χ3n) is 6.21. The van der Waals surface area contributed by atoms with Crippen LogP contribution >= 0.6 is 0 Å². The van der Waals surface area contributed by atoms with Gasteiger partial charge in [-0.25, -0.2) is 8.78 Å². The van der Waals surface area contributed by atoms with Crippen molar-refractivity contribution in [3.8, 4) is 0 Å². The fourth-order valence-electron chi connectivity index (χ4n) is 5.10. The molecule has 0 aromatic heterocycles. The highest BCUT2D eigenvalue weighted by atomic mass is 19.3. The number of ether oxygens (including phenoxy) is 2. The third-order valence-corrected chi connectivity index (χ3v) is 6.21. The van der Waals surface area contributed by atoms with Crippen LogP contribution in [0.3, 0.4) is 0 Å². The van der Waals surface area contributed by atoms with Crippen LogP contribution in [-0.4, -0.2) is 30.2 Å². The first-order valence-corrected chi connectivity index (χ1v) is 8.83. The van der Waals surface area contributed by atoms with Crippen molar-refractivity contribution in [2.45, 2.75) is 83.3 Å². The molecule has 4 aliphatic carbocycles. The van der Waals surface area contributed by atoms with E-state index in [1.54, 1.807) is 0 Å². The minimum atomic E-state index is -2.44. The maximum absolute atomic E-state index is 12.6. The molecule has 4 saturated carbocycles. The first-order valence-electron chi connectivity index (χ1n) is 8.83. The lowest BCUT2D eigenvalue weighted by Gasteiger charge is -2.61. The summed E-state index contributed by atoms with van der Waals surface area (Å²) in [6.45, 7) is 5.27. The van der Waals surface area contributed by atoms with E-state index in [1.165, 1.54) is 0 Å². The van der Waals surface area contributed by atoms with Crippen LogP contribution in [0.5, 0.6) is 0 Å². The van der Waals surface area contributed by atoms with Crippen LogP contribution in [0.25, 0.3) is 0 Å². The molecule has 3 nitrogen and oxygen atoms in total. The first kappa shape index (κ1) is 17.1. The van der Waals surface area contributed by atoms with E-state index in [2.05, 4.69) is 0 Å². The normalized spacial score (nSPS) is 39.0. The smallest absolute Gasteiger partial charge is 0.312 e. The van der Waals surface area contributed by atoms with Crippen LogP contribution in [0.1, 0.15) is 65.7 Å². The first-order chi connectivity index (χ1) is 10.7. The third kappa shape index (κ3) is 3.26. The zero-order chi connectivity index (χ0) is 16.9. The fraction of sp³-hybridized carbons (Fsp3) is 0.944. The lowest BCUT2D eigenvalue weighted by molar-refractivity contribution is -0.243. The number of rotatable bonds is 6. The van der Waals surface area contributed by atoms with Gasteiger partial charge < -0.3 is 9.47 Å². The molecule has 5 heteroatoms. The van der Waals surface area contributed by atoms with Crippen molar-refractivity contribution in [3.63, 3.8) is 0 Å². The van der Waals surface area contributed by atoms with Crippen LogP contribution in [0.15, 0.2) is 0 Å². The van der Waals surface area contributed by atoms with Crippen molar-refractivity contribution < 1.29 is 23.0 Å². The van der Waals surface area contributed by atoms with Gasteiger partial charge in [0, 0.05) is 6.42 Å². The molecular formula is C18H28F2O3. The highest BCUT2D eigenvalue weighted by Crippen LogP contribution is 2.60. The quantitative estimate of drug-likeness (QED) is 0.680. The minimum Gasteiger partial charge on any atom is -0.459 e. The highest BCUT2D eigenvalue weighted by molar-refractivity contribution is 5.76. The Morgan fingerprint density at radius 3 is 2.26 bits per heavy atom. The van der Waals surface area contributed by atoms with Gasteiger partial charge in [0.05, 0.1) is 11.0 Å². The van der Waals surface area contributed by atoms with Gasteiger partial charge in [-0.3, -0.25) is 4.79 Å². The number of carbonyl (C=O) groups excluding carboxylic acids is 1. The average Bonchev–Trinajstić information content (AvgIpc) is 2.43. The summed E-state index contributed by atoms with van der Waals surface area (Å²) in [7, 11) is 0. The van der Waals surface area contributed by atoms with Crippen LogP contribution in [-0.2, 0) is 14.3 Å². The van der Waals surface area contributed by atoms with Crippen molar-refractivity contribution in [2.75, 3.05) is 6.61 Å². The van der Waals surface area contributed by atoms with Gasteiger partial charge in [0.2, 0.25) is 0 Å². The SMILES string of the molecule is CCC(C)(C)C(=O)OC12CC3CC(CC(OCC(F)F)(C3)C1)C2. The van der Waals surface area contributed by atoms with Crippen molar-refractivity contribution in [1.29, 1.82) is 0 Å². The van der Waals surface area contributed by atoms with Gasteiger partial charge in [0.25, 0.3) is 6.43 Å². The summed E-state index contributed by atoms with van der Waals surface area (Å²) in [5.41, 5.74) is -1.49. The van der Waals surface area contributed by atoms with E-state index in [0.29, 0.717) is 18.3 Å². The molecule has 4 bridgehead atoms. The molecule has 4 fully saturated rings. The molecular weight excluding hydrogens is 302 g/mol. The van der Waals surface area contributed by atoms with Gasteiger partial charge in [-0.05, 0) is 64.2 Å². The second kappa shape index (κ2) is 5.68. The Labute approximate surface area is 137 Å². The van der Waals surface area contributed by atoms with Gasteiger partial charge >= 0.3 is 5.97 Å². The van der Waals surface area contributed by atoms with Crippen molar-refractivity contribution in [1.82, 2.24) is 0 Å². The number of alkyl halides is 2. The molecule has 0 aliphatic heterocycles. The number of hydrogen-bond donors (Lipinski definition) is 0. The lowest BCUT2D eigenvalue weighted by Crippen LogP contribution is -2.62. The largest absolute Gasteiger partial charge is 0.459 e. The predicted molar refractivity (Wildman–Crippen MR) is 82.3 cm³/mol. The summed E-state index contributed by atoms with van der Waals surface area (Å²) in [5.74, 6) is 0.712. The van der Waals surface area contributed by atoms with Crippen LogP contribution in [0.4, 0.5) is 8.78 Å². The standard InChI is InChI=1S/C18H28F2O3/c1-4-16(2,3)15(21)23-18-8-12-5-13(9-18)7-17(6-12,11-18)22-10-14(19)20/h12-14H,4-11H2,1-3H3. The molecule has 23 heavy (non-hydrogen) atoms. The molecule has 4 rings (SSSR count). The minimum absolute atomic E-state index is 0.161. The molecule has 0 amide bonds. The van der Waals surface area contributed by atoms with Crippen molar-refractivity contribution >= 4 is 5.97 Å². The molecule has 0 N–H and O–H groups in total. The summed E-state index contributed by atoms with van der Waals surface area (Å²) in [5, 5.41) is 0. The maximum atomic E-state index is 12.6. The molecule has 132 valence electrons. The Morgan fingerprint density at radius 2 is 1.74 bits per heavy atom. The molecule has 2 atom stereocenters. The fourth-order valence-corrected chi connectivity index (χ4v) is 5.10. The number of halogens is 2. The maximum Gasteiger partial charge on any atom is 0.312 e. The molecule has 0 radical (unpaired) electrons. The Hall–Kier alpha value is -0.710. The lowest BCUT2D eigenvalue weighted by atomic mass is 9.52. The van der Waals surface area contributed by atoms with Gasteiger partial charge in [-0.1, -0.05) is 6.92 Å². The predicted octanol–water partition coefficient (Wildman–Crippen LogP) is 4.34. The van der Waals surface area contributed by atoms with Crippen molar-refractivity contribution in [2.24, 2.45) is 17.3 Å². The Balaban J connectivity index is 1.76. The van der Waals surface area contributed by atoms with E-state index in [1.807, 2.05) is 20.8 Å². The van der Waals surface area contributed by atoms with E-state index in [-0.39, 0.29) is 5.97 Å². The summed E-state index contributed by atoms with van der Waals surface area (Å²) in [4.78, 5) is 12.6. The van der Waals surface area contributed by atoms with E-state index in [0.717, 1.165) is 38.5 Å². The van der Waals surface area contributed by atoms with E-state index >= 15 is 0 Å². The van der Waals surface area contributed by atoms with Gasteiger partial charge in [0.15, 0.2) is 0 Å². The second-order valence-corrected chi connectivity index (χ2v) is 8.66. The second-order valence-electron chi connectivity index (χ2n) is 8.66. The Bertz CT molecular complexity index is 461. The van der Waals surface area contributed by atoms with Crippen LogP contribution < -0.4 is 0 Å². The zero-order valence-electron chi connectivity index (χ0n) is 14.4. The van der Waals surface area contributed by atoms with Crippen LogP contribution in [0.2, 0.25) is 0 Å². The topological polar surface area (TPSA) is 35.5 Å². The number of hydrogen-bond acceptors (Lipinski definition) is 3. The summed E-state index contributed by atoms with van der Waals surface area (Å²) >= 11 is 0. The van der Waals surface area contributed by atoms with E-state index in [4.69, 9.17) is 9.47 Å². The zero-order valence-corrected chi connectivity index (χ0v) is 14.4. The van der Waals surface area contributed by atoms with E-state index in [9.17, 15) is 13.6 Å². The molecule has 0 heterocycles. The molecule has 0 aromatic rings. The summed E-state index contributed by atoms with van der Waals surface area (Å²) in [6, 6.07) is 0. The van der Waals surface area contributed by atoms with Gasteiger partial charge in [-0.2, -0.15) is 0 Å². The van der Waals surface area contributed by atoms with E-state index < -0.39 is 29.6 Å². The Morgan fingerprint density at radius 1 is 1.17 bits per heavy atom. The average molecular weight is 330 g/mol. The summed E-state index contributed by atoms with van der Waals surface area (Å²) < 4.78 is 36.9. The molecule has 0 aromatic carbocycles.